The number of nitrogens with zero attached hydrogens (tertiary/aromatic N) is 2. The molecule has 0 aliphatic carbocycles. The van der Waals surface area contributed by atoms with E-state index in [1.807, 2.05) is 24.4 Å². The smallest absolute Gasteiger partial charge is 0.138 e. The third-order valence-corrected chi connectivity index (χ3v) is 5.90. The van der Waals surface area contributed by atoms with Crippen LogP contribution in [0, 0.1) is 5.82 Å². The van der Waals surface area contributed by atoms with Gasteiger partial charge in [0.25, 0.3) is 0 Å². The van der Waals surface area contributed by atoms with Crippen LogP contribution in [0.25, 0.3) is 11.1 Å². The molecule has 2 aromatic carbocycles. The topological polar surface area (TPSA) is 51.4 Å². The lowest BCUT2D eigenvalue weighted by Gasteiger charge is -2.24. The first-order valence-corrected chi connectivity index (χ1v) is 10.5. The molecule has 1 aromatic heterocycles. The molecule has 1 saturated heterocycles. The summed E-state index contributed by atoms with van der Waals surface area (Å²) in [4.78, 5) is 6.88. The van der Waals surface area contributed by atoms with Gasteiger partial charge < -0.3 is 15.4 Å². The van der Waals surface area contributed by atoms with Crippen molar-refractivity contribution in [2.24, 2.45) is 5.73 Å². The Balaban J connectivity index is 1.61. The molecule has 0 amide bonds. The lowest BCUT2D eigenvalue weighted by molar-refractivity contribution is 0.413. The normalized spacial score (nSPS) is 16.1. The first-order valence-electron chi connectivity index (χ1n) is 10.1. The van der Waals surface area contributed by atoms with Crippen molar-refractivity contribution in [3.05, 3.63) is 76.7 Å². The number of rotatable bonds is 6. The first-order chi connectivity index (χ1) is 14.6. The highest BCUT2D eigenvalue weighted by atomic mass is 35.5. The fourth-order valence-electron chi connectivity index (χ4n) is 4.11. The molecule has 30 heavy (non-hydrogen) atoms. The summed E-state index contributed by atoms with van der Waals surface area (Å²) in [5.74, 6) is 1.11. The molecule has 4 rings (SSSR count). The molecule has 2 heterocycles. The van der Waals surface area contributed by atoms with E-state index in [0.29, 0.717) is 46.5 Å². The predicted molar refractivity (Wildman–Crippen MR) is 120 cm³/mol. The summed E-state index contributed by atoms with van der Waals surface area (Å²) in [5, 5.41) is 0.553. The van der Waals surface area contributed by atoms with Gasteiger partial charge in [-0.15, -0.1) is 0 Å². The molecular weight excluding hydrogens is 401 g/mol. The molecular formula is C24H25ClFN3O. The Labute approximate surface area is 181 Å². The highest BCUT2D eigenvalue weighted by Crippen LogP contribution is 2.36. The predicted octanol–water partition coefficient (Wildman–Crippen LogP) is 5.07. The van der Waals surface area contributed by atoms with E-state index in [1.165, 1.54) is 7.11 Å². The zero-order valence-corrected chi connectivity index (χ0v) is 17.7. The molecule has 3 aromatic rings. The molecule has 0 bridgehead atoms. The zero-order chi connectivity index (χ0) is 21.1. The minimum atomic E-state index is -0.302. The van der Waals surface area contributed by atoms with Gasteiger partial charge in [0.2, 0.25) is 0 Å². The molecule has 156 valence electrons. The Morgan fingerprint density at radius 3 is 2.80 bits per heavy atom. The molecule has 0 unspecified atom stereocenters. The minimum Gasteiger partial charge on any atom is -0.496 e. The van der Waals surface area contributed by atoms with Crippen LogP contribution >= 0.6 is 11.6 Å². The van der Waals surface area contributed by atoms with Gasteiger partial charge in [-0.3, -0.25) is 0 Å². The van der Waals surface area contributed by atoms with Gasteiger partial charge in [0.05, 0.1) is 12.7 Å². The van der Waals surface area contributed by atoms with Crippen LogP contribution in [0.5, 0.6) is 5.75 Å². The third-order valence-electron chi connectivity index (χ3n) is 5.66. The van der Waals surface area contributed by atoms with Gasteiger partial charge in [0.1, 0.15) is 17.4 Å². The Morgan fingerprint density at radius 1 is 1.23 bits per heavy atom. The van der Waals surface area contributed by atoms with Crippen molar-refractivity contribution in [2.75, 3.05) is 25.1 Å². The van der Waals surface area contributed by atoms with Crippen molar-refractivity contribution >= 4 is 17.4 Å². The number of aromatic nitrogens is 1. The van der Waals surface area contributed by atoms with E-state index in [9.17, 15) is 0 Å². The Kier molecular flexibility index (Phi) is 6.21. The average Bonchev–Trinajstić information content (AvgIpc) is 3.24. The molecule has 6 heteroatoms. The summed E-state index contributed by atoms with van der Waals surface area (Å²) in [7, 11) is 1.54. The fraction of sp³-hybridized carbons (Fsp3) is 0.292. The summed E-state index contributed by atoms with van der Waals surface area (Å²) in [6, 6.07) is 15.1. The number of hydrogen-bond acceptors (Lipinski definition) is 4. The number of methoxy groups -OCH3 is 1. The van der Waals surface area contributed by atoms with E-state index in [4.69, 9.17) is 22.1 Å². The molecule has 1 fully saturated rings. The van der Waals surface area contributed by atoms with Crippen LogP contribution in [-0.4, -0.2) is 31.2 Å². The van der Waals surface area contributed by atoms with Gasteiger partial charge in [0.15, 0.2) is 0 Å². The molecule has 4 nitrogen and oxygen atoms in total. The largest absolute Gasteiger partial charge is 0.496 e. The van der Waals surface area contributed by atoms with Crippen LogP contribution in [0.3, 0.4) is 0 Å². The molecule has 1 aliphatic heterocycles. The fourth-order valence-corrected chi connectivity index (χ4v) is 4.30. The summed E-state index contributed by atoms with van der Waals surface area (Å²) < 4.78 is 20.9. The third kappa shape index (κ3) is 4.13. The van der Waals surface area contributed by atoms with Gasteiger partial charge in [-0.25, -0.2) is 9.37 Å². The molecule has 1 atom stereocenters. The van der Waals surface area contributed by atoms with E-state index in [1.54, 1.807) is 30.3 Å². The van der Waals surface area contributed by atoms with Crippen molar-refractivity contribution in [3.8, 4) is 16.9 Å². The SMILES string of the molecule is COc1ccc(Cc2ccc(N3CCC[C@H]3CN)nc2)c(F)c1-c1cccc(Cl)c1. The number of hydrogen-bond donors (Lipinski definition) is 1. The number of ether oxygens (including phenoxy) is 1. The lowest BCUT2D eigenvalue weighted by atomic mass is 9.97. The van der Waals surface area contributed by atoms with Crippen molar-refractivity contribution in [3.63, 3.8) is 0 Å². The van der Waals surface area contributed by atoms with Gasteiger partial charge in [-0.1, -0.05) is 35.9 Å². The van der Waals surface area contributed by atoms with Crippen LogP contribution in [0.15, 0.2) is 54.7 Å². The van der Waals surface area contributed by atoms with Crippen LogP contribution in [0.2, 0.25) is 5.02 Å². The highest BCUT2D eigenvalue weighted by Gasteiger charge is 2.24. The van der Waals surface area contributed by atoms with E-state index in [-0.39, 0.29) is 5.82 Å². The standard InChI is InChI=1S/C24H25ClFN3O/c1-30-21-9-8-18(24(26)23(21)17-4-2-5-19(25)13-17)12-16-7-10-22(28-15-16)29-11-3-6-20(29)14-27/h2,4-5,7-10,13,15,20H,3,6,11-12,14,27H2,1H3/t20-/m0/s1. The average molecular weight is 426 g/mol. The summed E-state index contributed by atoms with van der Waals surface area (Å²) in [6.07, 6.45) is 4.50. The van der Waals surface area contributed by atoms with Crippen molar-refractivity contribution in [2.45, 2.75) is 25.3 Å². The number of nitrogens with two attached hydrogens (primary N) is 1. The summed E-state index contributed by atoms with van der Waals surface area (Å²) >= 11 is 6.12. The maximum absolute atomic E-state index is 15.5. The molecule has 0 radical (unpaired) electrons. The van der Waals surface area contributed by atoms with Crippen LogP contribution in [0.1, 0.15) is 24.0 Å². The van der Waals surface area contributed by atoms with Crippen molar-refractivity contribution < 1.29 is 9.13 Å². The minimum absolute atomic E-state index is 0.302. The number of benzene rings is 2. The molecule has 0 spiro atoms. The van der Waals surface area contributed by atoms with Crippen LogP contribution in [0.4, 0.5) is 10.2 Å². The van der Waals surface area contributed by atoms with Gasteiger partial charge in [0, 0.05) is 36.8 Å². The Hall–Kier alpha value is -2.63. The first kappa shape index (κ1) is 20.6. The number of halogens is 2. The van der Waals surface area contributed by atoms with Crippen LogP contribution in [-0.2, 0) is 6.42 Å². The number of pyridine rings is 1. The monoisotopic (exact) mass is 425 g/mol. The number of anilines is 1. The zero-order valence-electron chi connectivity index (χ0n) is 16.9. The Bertz CT molecular complexity index is 1030. The van der Waals surface area contributed by atoms with Crippen molar-refractivity contribution in [1.82, 2.24) is 4.98 Å². The quantitative estimate of drug-likeness (QED) is 0.599. The van der Waals surface area contributed by atoms with Gasteiger partial charge in [-0.2, -0.15) is 0 Å². The van der Waals surface area contributed by atoms with Crippen molar-refractivity contribution in [1.29, 1.82) is 0 Å². The maximum Gasteiger partial charge on any atom is 0.138 e. The molecule has 1 aliphatic rings. The van der Waals surface area contributed by atoms with Gasteiger partial charge >= 0.3 is 0 Å². The van der Waals surface area contributed by atoms with Gasteiger partial charge in [-0.05, 0) is 53.8 Å². The van der Waals surface area contributed by atoms with Crippen LogP contribution < -0.4 is 15.4 Å². The van der Waals surface area contributed by atoms with E-state index in [2.05, 4.69) is 9.88 Å². The molecule has 0 saturated carbocycles. The molecule has 2 N–H and O–H groups in total. The second-order valence-corrected chi connectivity index (χ2v) is 7.99. The second-order valence-electron chi connectivity index (χ2n) is 7.55. The maximum atomic E-state index is 15.5. The lowest BCUT2D eigenvalue weighted by Crippen LogP contribution is -2.35. The second kappa shape index (κ2) is 9.02. The Morgan fingerprint density at radius 2 is 2.10 bits per heavy atom. The van der Waals surface area contributed by atoms with E-state index < -0.39 is 0 Å². The van der Waals surface area contributed by atoms with E-state index >= 15 is 4.39 Å². The summed E-state index contributed by atoms with van der Waals surface area (Å²) in [5.41, 5.74) is 8.52. The van der Waals surface area contributed by atoms with E-state index in [0.717, 1.165) is 30.8 Å². The summed E-state index contributed by atoms with van der Waals surface area (Å²) in [6.45, 7) is 1.61. The highest BCUT2D eigenvalue weighted by molar-refractivity contribution is 6.30.